The van der Waals surface area contributed by atoms with E-state index in [1.807, 2.05) is 6.92 Å². The summed E-state index contributed by atoms with van der Waals surface area (Å²) in [6.07, 6.45) is 1.59. The Morgan fingerprint density at radius 3 is 2.53 bits per heavy atom. The molecule has 3 nitrogen and oxygen atoms in total. The Kier molecular flexibility index (Phi) is 2.91. The second-order valence-electron chi connectivity index (χ2n) is 4.36. The largest absolute Gasteiger partial charge is 0.393 e. The van der Waals surface area contributed by atoms with E-state index < -0.39 is 0 Å². The van der Waals surface area contributed by atoms with E-state index in [9.17, 15) is 5.11 Å². The minimum atomic E-state index is -0.118. The lowest BCUT2D eigenvalue weighted by Crippen LogP contribution is -2.36. The van der Waals surface area contributed by atoms with Crippen molar-refractivity contribution in [1.29, 1.82) is 0 Å². The van der Waals surface area contributed by atoms with Gasteiger partial charge >= 0.3 is 0 Å². The molecule has 0 spiro atoms. The molecule has 0 amide bonds. The highest BCUT2D eigenvalue weighted by Crippen LogP contribution is 2.19. The molecule has 1 aliphatic heterocycles. The van der Waals surface area contributed by atoms with Crippen LogP contribution >= 0.6 is 0 Å². The molecule has 82 valence electrons. The molecule has 0 unspecified atom stereocenters. The minimum Gasteiger partial charge on any atom is -0.393 e. The van der Waals surface area contributed by atoms with Crippen molar-refractivity contribution in [2.24, 2.45) is 0 Å². The third-order valence-electron chi connectivity index (χ3n) is 2.87. The summed E-state index contributed by atoms with van der Waals surface area (Å²) in [4.78, 5) is 6.78. The first-order valence-corrected chi connectivity index (χ1v) is 5.53. The van der Waals surface area contributed by atoms with Crippen molar-refractivity contribution in [3.63, 3.8) is 0 Å². The smallest absolute Gasteiger partial charge is 0.129 e. The summed E-state index contributed by atoms with van der Waals surface area (Å²) < 4.78 is 0. The SMILES string of the molecule is Cc1cc(C)nc(N2CCC(O)CC2)c1. The summed E-state index contributed by atoms with van der Waals surface area (Å²) in [5.74, 6) is 1.06. The number of nitrogens with zero attached hydrogens (tertiary/aromatic N) is 2. The van der Waals surface area contributed by atoms with Gasteiger partial charge < -0.3 is 10.0 Å². The van der Waals surface area contributed by atoms with Crippen molar-refractivity contribution in [2.75, 3.05) is 18.0 Å². The molecule has 15 heavy (non-hydrogen) atoms. The lowest BCUT2D eigenvalue weighted by atomic mass is 10.1. The quantitative estimate of drug-likeness (QED) is 0.759. The number of pyridine rings is 1. The van der Waals surface area contributed by atoms with Crippen LogP contribution in [0.15, 0.2) is 12.1 Å². The topological polar surface area (TPSA) is 36.4 Å². The van der Waals surface area contributed by atoms with Crippen molar-refractivity contribution in [3.8, 4) is 0 Å². The number of aliphatic hydroxyl groups excluding tert-OH is 1. The molecule has 1 aliphatic rings. The van der Waals surface area contributed by atoms with Gasteiger partial charge in [0, 0.05) is 18.8 Å². The van der Waals surface area contributed by atoms with E-state index in [4.69, 9.17) is 0 Å². The predicted molar refractivity (Wildman–Crippen MR) is 61.2 cm³/mol. The molecule has 1 fully saturated rings. The molecule has 1 aromatic rings. The lowest BCUT2D eigenvalue weighted by Gasteiger charge is -2.30. The zero-order valence-electron chi connectivity index (χ0n) is 9.40. The van der Waals surface area contributed by atoms with Gasteiger partial charge in [-0.15, -0.1) is 0 Å². The normalized spacial score (nSPS) is 18.2. The first kappa shape index (κ1) is 10.4. The second-order valence-corrected chi connectivity index (χ2v) is 4.36. The van der Waals surface area contributed by atoms with Crippen molar-refractivity contribution in [2.45, 2.75) is 32.8 Å². The Bertz CT molecular complexity index is 323. The molecule has 2 heterocycles. The third-order valence-corrected chi connectivity index (χ3v) is 2.87. The predicted octanol–water partition coefficient (Wildman–Crippen LogP) is 1.66. The first-order chi connectivity index (χ1) is 7.15. The summed E-state index contributed by atoms with van der Waals surface area (Å²) in [5, 5.41) is 9.44. The van der Waals surface area contributed by atoms with Crippen LogP contribution in [0.5, 0.6) is 0 Å². The van der Waals surface area contributed by atoms with Crippen molar-refractivity contribution in [3.05, 3.63) is 23.4 Å². The monoisotopic (exact) mass is 206 g/mol. The number of rotatable bonds is 1. The molecule has 0 saturated carbocycles. The highest BCUT2D eigenvalue weighted by Gasteiger charge is 2.18. The van der Waals surface area contributed by atoms with Gasteiger partial charge in [-0.25, -0.2) is 4.98 Å². The average Bonchev–Trinajstić information content (AvgIpc) is 2.17. The molecule has 3 heteroatoms. The first-order valence-electron chi connectivity index (χ1n) is 5.53. The van der Waals surface area contributed by atoms with Crippen LogP contribution in [0.3, 0.4) is 0 Å². The molecule has 0 bridgehead atoms. The molecule has 1 aromatic heterocycles. The van der Waals surface area contributed by atoms with E-state index in [0.29, 0.717) is 0 Å². The van der Waals surface area contributed by atoms with Crippen LogP contribution in [-0.4, -0.2) is 29.3 Å². The molecular formula is C12H18N2O. The van der Waals surface area contributed by atoms with E-state index in [-0.39, 0.29) is 6.10 Å². The molecule has 0 radical (unpaired) electrons. The van der Waals surface area contributed by atoms with E-state index in [1.165, 1.54) is 5.56 Å². The molecule has 2 rings (SSSR count). The molecule has 0 aromatic carbocycles. The maximum absolute atomic E-state index is 9.44. The van der Waals surface area contributed by atoms with Crippen LogP contribution < -0.4 is 4.90 Å². The molecule has 1 saturated heterocycles. The van der Waals surface area contributed by atoms with Gasteiger partial charge in [-0.1, -0.05) is 0 Å². The second kappa shape index (κ2) is 4.19. The zero-order valence-corrected chi connectivity index (χ0v) is 9.40. The average molecular weight is 206 g/mol. The Balaban J connectivity index is 2.15. The van der Waals surface area contributed by atoms with Gasteiger partial charge in [0.1, 0.15) is 5.82 Å². The number of piperidine rings is 1. The van der Waals surface area contributed by atoms with Gasteiger partial charge in [0.2, 0.25) is 0 Å². The molecule has 0 atom stereocenters. The number of aryl methyl sites for hydroxylation is 2. The fourth-order valence-corrected chi connectivity index (χ4v) is 2.08. The van der Waals surface area contributed by atoms with Gasteiger partial charge in [0.25, 0.3) is 0 Å². The van der Waals surface area contributed by atoms with Crippen LogP contribution in [0, 0.1) is 13.8 Å². The van der Waals surface area contributed by atoms with Crippen LogP contribution in [-0.2, 0) is 0 Å². The van der Waals surface area contributed by atoms with Crippen LogP contribution in [0.1, 0.15) is 24.1 Å². The lowest BCUT2D eigenvalue weighted by molar-refractivity contribution is 0.145. The number of aromatic nitrogens is 1. The maximum atomic E-state index is 9.44. The fraction of sp³-hybridized carbons (Fsp3) is 0.583. The summed E-state index contributed by atoms with van der Waals surface area (Å²) in [6, 6.07) is 4.20. The van der Waals surface area contributed by atoms with Crippen LogP contribution in [0.25, 0.3) is 0 Å². The summed E-state index contributed by atoms with van der Waals surface area (Å²) >= 11 is 0. The van der Waals surface area contributed by atoms with E-state index in [2.05, 4.69) is 28.9 Å². The summed E-state index contributed by atoms with van der Waals surface area (Å²) in [5.41, 5.74) is 2.32. The number of anilines is 1. The Labute approximate surface area is 90.8 Å². The minimum absolute atomic E-state index is 0.118. The van der Waals surface area contributed by atoms with E-state index in [0.717, 1.165) is 37.4 Å². The van der Waals surface area contributed by atoms with Gasteiger partial charge in [-0.05, 0) is 44.4 Å². The Morgan fingerprint density at radius 1 is 1.27 bits per heavy atom. The van der Waals surface area contributed by atoms with Crippen LogP contribution in [0.2, 0.25) is 0 Å². The van der Waals surface area contributed by atoms with Gasteiger partial charge in [0.15, 0.2) is 0 Å². The summed E-state index contributed by atoms with van der Waals surface area (Å²) in [6.45, 7) is 5.94. The Hall–Kier alpha value is -1.09. The molecule has 1 N–H and O–H groups in total. The van der Waals surface area contributed by atoms with Crippen molar-refractivity contribution in [1.82, 2.24) is 4.98 Å². The van der Waals surface area contributed by atoms with Gasteiger partial charge in [0.05, 0.1) is 6.10 Å². The van der Waals surface area contributed by atoms with Crippen molar-refractivity contribution < 1.29 is 5.11 Å². The van der Waals surface area contributed by atoms with E-state index >= 15 is 0 Å². The molecule has 0 aliphatic carbocycles. The molecular weight excluding hydrogens is 188 g/mol. The van der Waals surface area contributed by atoms with Crippen LogP contribution in [0.4, 0.5) is 5.82 Å². The Morgan fingerprint density at radius 2 is 1.93 bits per heavy atom. The maximum Gasteiger partial charge on any atom is 0.129 e. The van der Waals surface area contributed by atoms with Gasteiger partial charge in [-0.2, -0.15) is 0 Å². The number of hydrogen-bond acceptors (Lipinski definition) is 3. The summed E-state index contributed by atoms with van der Waals surface area (Å²) in [7, 11) is 0. The zero-order chi connectivity index (χ0) is 10.8. The number of aliphatic hydroxyl groups is 1. The standard InChI is InChI=1S/C12H18N2O/c1-9-7-10(2)13-12(8-9)14-5-3-11(15)4-6-14/h7-8,11,15H,3-6H2,1-2H3. The highest BCUT2D eigenvalue weighted by atomic mass is 16.3. The highest BCUT2D eigenvalue weighted by molar-refractivity contribution is 5.42. The fourth-order valence-electron chi connectivity index (χ4n) is 2.08. The number of hydrogen-bond donors (Lipinski definition) is 1. The van der Waals surface area contributed by atoms with Crippen molar-refractivity contribution >= 4 is 5.82 Å². The third kappa shape index (κ3) is 2.48. The van der Waals surface area contributed by atoms with E-state index in [1.54, 1.807) is 0 Å². The van der Waals surface area contributed by atoms with Gasteiger partial charge in [-0.3, -0.25) is 0 Å².